The van der Waals surface area contributed by atoms with E-state index in [2.05, 4.69) is 14.9 Å². The molecule has 0 spiro atoms. The average Bonchev–Trinajstić information content (AvgIpc) is 3.76. The smallest absolute Gasteiger partial charge is 0.341 e. The Morgan fingerprint density at radius 2 is 1.86 bits per heavy atom. The second kappa shape index (κ2) is 9.81. The molecule has 3 fully saturated rings. The Morgan fingerprint density at radius 1 is 1.14 bits per heavy atom. The molecule has 10 heteroatoms. The number of carbonyl (C=O) groups excluding carboxylic acids is 1. The molecule has 8 nitrogen and oxygen atoms in total. The molecule has 1 saturated heterocycles. The van der Waals surface area contributed by atoms with Gasteiger partial charge in [0.2, 0.25) is 5.95 Å². The molecule has 1 aliphatic heterocycles. The van der Waals surface area contributed by atoms with Crippen LogP contribution in [0.2, 0.25) is 0 Å². The lowest BCUT2D eigenvalue weighted by molar-refractivity contribution is 0.0471. The molecular formula is C25H30FN3O5S. The summed E-state index contributed by atoms with van der Waals surface area (Å²) in [6, 6.07) is 4.14. The molecule has 0 radical (unpaired) electrons. The van der Waals surface area contributed by atoms with Crippen LogP contribution >= 0.6 is 0 Å². The van der Waals surface area contributed by atoms with Crippen LogP contribution in [0.15, 0.2) is 35.5 Å². The van der Waals surface area contributed by atoms with Gasteiger partial charge in [0, 0.05) is 31.7 Å². The van der Waals surface area contributed by atoms with Crippen molar-refractivity contribution in [3.63, 3.8) is 0 Å². The molecule has 1 aromatic heterocycles. The third-order valence-electron chi connectivity index (χ3n) is 7.07. The molecule has 1 aromatic carbocycles. The SMILES string of the molecule is CS(=O)(=O)c1ccc(COC[C@H]2C[C@@H]2C2CCN(c3ncc(C(=O)OC4CC4)cn3)CC2)cc1F. The van der Waals surface area contributed by atoms with Crippen molar-refractivity contribution in [2.45, 2.75) is 49.7 Å². The number of anilines is 1. The van der Waals surface area contributed by atoms with Crippen LogP contribution < -0.4 is 4.90 Å². The maximum Gasteiger partial charge on any atom is 0.341 e. The summed E-state index contributed by atoms with van der Waals surface area (Å²) in [5, 5.41) is 0. The lowest BCUT2D eigenvalue weighted by atomic mass is 9.91. The highest BCUT2D eigenvalue weighted by molar-refractivity contribution is 7.90. The quantitative estimate of drug-likeness (QED) is 0.480. The van der Waals surface area contributed by atoms with Gasteiger partial charge in [0.15, 0.2) is 9.84 Å². The first-order chi connectivity index (χ1) is 16.8. The Bertz CT molecular complexity index is 1180. The van der Waals surface area contributed by atoms with Crippen molar-refractivity contribution in [3.05, 3.63) is 47.5 Å². The maximum atomic E-state index is 14.0. The van der Waals surface area contributed by atoms with Crippen LogP contribution in [0.5, 0.6) is 0 Å². The molecule has 2 heterocycles. The van der Waals surface area contributed by atoms with E-state index in [1.807, 2.05) is 0 Å². The zero-order valence-electron chi connectivity index (χ0n) is 19.7. The van der Waals surface area contributed by atoms with E-state index >= 15 is 0 Å². The van der Waals surface area contributed by atoms with E-state index in [0.29, 0.717) is 41.4 Å². The second-order valence-corrected chi connectivity index (χ2v) is 11.9. The van der Waals surface area contributed by atoms with Crippen LogP contribution in [0.3, 0.4) is 0 Å². The first-order valence-corrected chi connectivity index (χ1v) is 14.0. The second-order valence-electron chi connectivity index (χ2n) is 9.91. The van der Waals surface area contributed by atoms with E-state index in [1.54, 1.807) is 18.5 Å². The normalized spacial score (nSPS) is 22.7. The molecular weight excluding hydrogens is 473 g/mol. The summed E-state index contributed by atoms with van der Waals surface area (Å²) in [4.78, 5) is 22.6. The Kier molecular flexibility index (Phi) is 6.76. The van der Waals surface area contributed by atoms with Crippen molar-refractivity contribution in [2.24, 2.45) is 17.8 Å². The van der Waals surface area contributed by atoms with Gasteiger partial charge in [0.05, 0.1) is 18.8 Å². The van der Waals surface area contributed by atoms with Gasteiger partial charge in [-0.15, -0.1) is 0 Å². The van der Waals surface area contributed by atoms with Crippen LogP contribution in [0.1, 0.15) is 48.0 Å². The molecule has 2 saturated carbocycles. The van der Waals surface area contributed by atoms with Gasteiger partial charge in [-0.3, -0.25) is 0 Å². The van der Waals surface area contributed by atoms with Crippen LogP contribution in [0.4, 0.5) is 10.3 Å². The zero-order chi connectivity index (χ0) is 24.6. The van der Waals surface area contributed by atoms with Crippen LogP contribution in [-0.4, -0.2) is 56.4 Å². The molecule has 0 bridgehead atoms. The number of esters is 1. The molecule has 35 heavy (non-hydrogen) atoms. The number of nitrogens with zero attached hydrogens (tertiary/aromatic N) is 3. The highest BCUT2D eigenvalue weighted by Crippen LogP contribution is 2.48. The number of aromatic nitrogens is 2. The minimum Gasteiger partial charge on any atom is -0.459 e. The van der Waals surface area contributed by atoms with Gasteiger partial charge in [-0.05, 0) is 67.6 Å². The first kappa shape index (κ1) is 24.1. The summed E-state index contributed by atoms with van der Waals surface area (Å²) >= 11 is 0. The van der Waals surface area contributed by atoms with Crippen molar-refractivity contribution in [1.29, 1.82) is 0 Å². The Morgan fingerprint density at radius 3 is 2.49 bits per heavy atom. The summed E-state index contributed by atoms with van der Waals surface area (Å²) < 4.78 is 48.2. The van der Waals surface area contributed by atoms with Gasteiger partial charge >= 0.3 is 5.97 Å². The van der Waals surface area contributed by atoms with E-state index in [4.69, 9.17) is 9.47 Å². The predicted octanol–water partition coefficient (Wildman–Crippen LogP) is 3.41. The van der Waals surface area contributed by atoms with Gasteiger partial charge in [-0.25, -0.2) is 27.6 Å². The highest BCUT2D eigenvalue weighted by atomic mass is 32.2. The fourth-order valence-electron chi connectivity index (χ4n) is 4.83. The van der Waals surface area contributed by atoms with Gasteiger partial charge in [-0.2, -0.15) is 0 Å². The number of ether oxygens (including phenoxy) is 2. The summed E-state index contributed by atoms with van der Waals surface area (Å²) in [6.07, 6.45) is 9.30. The predicted molar refractivity (Wildman–Crippen MR) is 126 cm³/mol. The summed E-state index contributed by atoms with van der Waals surface area (Å²) in [7, 11) is -3.57. The molecule has 2 aromatic rings. The molecule has 2 aliphatic carbocycles. The summed E-state index contributed by atoms with van der Waals surface area (Å²) in [5.74, 6) is 1.36. The zero-order valence-corrected chi connectivity index (χ0v) is 20.5. The number of sulfone groups is 1. The van der Waals surface area contributed by atoms with E-state index in [0.717, 1.165) is 51.4 Å². The first-order valence-electron chi connectivity index (χ1n) is 12.1. The fraction of sp³-hybridized carbons (Fsp3) is 0.560. The van der Waals surface area contributed by atoms with E-state index in [9.17, 15) is 17.6 Å². The molecule has 188 valence electrons. The highest BCUT2D eigenvalue weighted by Gasteiger charge is 2.43. The summed E-state index contributed by atoms with van der Waals surface area (Å²) in [5.41, 5.74) is 1.03. The number of hydrogen-bond donors (Lipinski definition) is 0. The lowest BCUT2D eigenvalue weighted by Gasteiger charge is -2.32. The standard InChI is InChI=1S/C25H30FN3O5S/c1-35(31,32)23-5-2-16(10-22(23)26)14-33-15-18-11-21(18)17-6-8-29(9-7-17)25-27-12-19(13-28-25)24(30)34-20-3-4-20/h2,5,10,12-13,17-18,20-21H,3-4,6-9,11,14-15H2,1H3/t18-,21-/m1/s1. The molecule has 0 amide bonds. The largest absolute Gasteiger partial charge is 0.459 e. The molecule has 0 unspecified atom stereocenters. The van der Waals surface area contributed by atoms with Gasteiger partial charge in [0.25, 0.3) is 0 Å². The van der Waals surface area contributed by atoms with Crippen molar-refractivity contribution in [1.82, 2.24) is 9.97 Å². The lowest BCUT2D eigenvalue weighted by Crippen LogP contribution is -2.35. The third kappa shape index (κ3) is 5.98. The Balaban J connectivity index is 1.03. The van der Waals surface area contributed by atoms with E-state index < -0.39 is 15.7 Å². The minimum atomic E-state index is -3.57. The number of benzene rings is 1. The van der Waals surface area contributed by atoms with Crippen molar-refractivity contribution < 1.29 is 27.1 Å². The Labute approximate surface area is 204 Å². The fourth-order valence-corrected chi connectivity index (χ4v) is 5.55. The van der Waals surface area contributed by atoms with Crippen LogP contribution in [0, 0.1) is 23.6 Å². The topological polar surface area (TPSA) is 98.7 Å². The average molecular weight is 504 g/mol. The number of carbonyl (C=O) groups is 1. The van der Waals surface area contributed by atoms with Crippen LogP contribution in [-0.2, 0) is 25.9 Å². The van der Waals surface area contributed by atoms with Crippen molar-refractivity contribution in [2.75, 3.05) is 30.9 Å². The molecule has 3 aliphatic rings. The van der Waals surface area contributed by atoms with Gasteiger partial charge < -0.3 is 14.4 Å². The molecule has 0 N–H and O–H groups in total. The van der Waals surface area contributed by atoms with E-state index in [-0.39, 0.29) is 23.6 Å². The minimum absolute atomic E-state index is 0.0642. The van der Waals surface area contributed by atoms with Crippen molar-refractivity contribution in [3.8, 4) is 0 Å². The van der Waals surface area contributed by atoms with Gasteiger partial charge in [0.1, 0.15) is 16.8 Å². The van der Waals surface area contributed by atoms with Crippen LogP contribution in [0.25, 0.3) is 0 Å². The van der Waals surface area contributed by atoms with Crippen molar-refractivity contribution >= 4 is 21.8 Å². The molecule has 2 atom stereocenters. The number of halogens is 1. The summed E-state index contributed by atoms with van der Waals surface area (Å²) in [6.45, 7) is 2.66. The van der Waals surface area contributed by atoms with E-state index in [1.165, 1.54) is 12.1 Å². The Hall–Kier alpha value is -2.59. The maximum absolute atomic E-state index is 14.0. The monoisotopic (exact) mass is 503 g/mol. The van der Waals surface area contributed by atoms with Gasteiger partial charge in [-0.1, -0.05) is 6.07 Å². The number of piperidine rings is 1. The number of rotatable bonds is 9. The molecule has 5 rings (SSSR count). The number of hydrogen-bond acceptors (Lipinski definition) is 8. The third-order valence-corrected chi connectivity index (χ3v) is 8.20.